The fourth-order valence-electron chi connectivity index (χ4n) is 3.53. The van der Waals surface area contributed by atoms with E-state index in [9.17, 15) is 4.79 Å². The quantitative estimate of drug-likeness (QED) is 0.756. The van der Waals surface area contributed by atoms with Gasteiger partial charge in [-0.25, -0.2) is 0 Å². The minimum atomic E-state index is 0.262. The van der Waals surface area contributed by atoms with E-state index in [-0.39, 0.29) is 5.41 Å². The van der Waals surface area contributed by atoms with Gasteiger partial charge in [0.15, 0.2) is 0 Å². The molecule has 2 aliphatic rings. The Labute approximate surface area is 109 Å². The number of hydrogen-bond donors (Lipinski definition) is 0. The first-order valence-corrected chi connectivity index (χ1v) is 6.99. The molecule has 2 unspecified atom stereocenters. The van der Waals surface area contributed by atoms with Gasteiger partial charge in [-0.3, -0.25) is 9.69 Å². The molecular weight excluding hydrogens is 222 g/mol. The highest BCUT2D eigenvalue weighted by Crippen LogP contribution is 2.38. The Morgan fingerprint density at radius 1 is 1.28 bits per heavy atom. The summed E-state index contributed by atoms with van der Waals surface area (Å²) in [5.41, 5.74) is 1.71. The number of carbonyl (C=O) groups excluding carboxylic acids is 1. The van der Waals surface area contributed by atoms with Gasteiger partial charge in [-0.15, -0.1) is 0 Å². The highest BCUT2D eigenvalue weighted by Gasteiger charge is 2.39. The molecule has 2 heteroatoms. The largest absolute Gasteiger partial charge is 0.300 e. The molecule has 1 aromatic rings. The number of piperidine rings is 2. The van der Waals surface area contributed by atoms with E-state index in [1.165, 1.54) is 12.0 Å². The molecule has 96 valence electrons. The number of Topliss-reactive ketones (excluding diaryl/α,β-unsaturated/α-hetero) is 1. The Kier molecular flexibility index (Phi) is 2.98. The van der Waals surface area contributed by atoms with Crippen molar-refractivity contribution in [2.45, 2.75) is 44.1 Å². The molecule has 0 aliphatic carbocycles. The summed E-state index contributed by atoms with van der Waals surface area (Å²) in [6.07, 6.45) is 3.90. The molecular formula is C16H21NO. The minimum Gasteiger partial charge on any atom is -0.300 e. The summed E-state index contributed by atoms with van der Waals surface area (Å²) >= 11 is 0. The number of benzene rings is 1. The highest BCUT2D eigenvalue weighted by molar-refractivity contribution is 5.80. The Morgan fingerprint density at radius 2 is 2.06 bits per heavy atom. The van der Waals surface area contributed by atoms with E-state index >= 15 is 0 Å². The van der Waals surface area contributed by atoms with Gasteiger partial charge in [0.2, 0.25) is 0 Å². The summed E-state index contributed by atoms with van der Waals surface area (Å²) in [5.74, 6) is 0.458. The average molecular weight is 243 g/mol. The maximum atomic E-state index is 11.5. The zero-order valence-corrected chi connectivity index (χ0v) is 11.1. The fourth-order valence-corrected chi connectivity index (χ4v) is 3.53. The maximum absolute atomic E-state index is 11.5. The molecule has 0 radical (unpaired) electrons. The van der Waals surface area contributed by atoms with Crippen molar-refractivity contribution in [1.29, 1.82) is 0 Å². The van der Waals surface area contributed by atoms with Gasteiger partial charge in [0.25, 0.3) is 0 Å². The van der Waals surface area contributed by atoms with Gasteiger partial charge in [-0.2, -0.15) is 0 Å². The van der Waals surface area contributed by atoms with Crippen LogP contribution >= 0.6 is 0 Å². The summed E-state index contributed by atoms with van der Waals surface area (Å²) < 4.78 is 0. The van der Waals surface area contributed by atoms with E-state index in [1.807, 2.05) is 0 Å². The number of nitrogens with zero attached hydrogens (tertiary/aromatic N) is 1. The minimum absolute atomic E-state index is 0.262. The molecule has 0 spiro atoms. The molecule has 2 fully saturated rings. The SMILES string of the molecule is CC1(c2ccccc2)CCC2CC(=O)CCN2C1. The summed E-state index contributed by atoms with van der Waals surface area (Å²) in [6.45, 7) is 4.44. The Hall–Kier alpha value is -1.15. The molecule has 0 aromatic heterocycles. The van der Waals surface area contributed by atoms with Crippen molar-refractivity contribution in [1.82, 2.24) is 4.90 Å². The standard InChI is InChI=1S/C16H21NO/c1-16(13-5-3-2-4-6-13)9-7-14-11-15(18)8-10-17(14)12-16/h2-6,14H,7-12H2,1H3. The first-order valence-electron chi connectivity index (χ1n) is 6.99. The topological polar surface area (TPSA) is 20.3 Å². The van der Waals surface area contributed by atoms with Crippen molar-refractivity contribution >= 4 is 5.78 Å². The Bertz CT molecular complexity index is 442. The van der Waals surface area contributed by atoms with Gasteiger partial charge in [0.05, 0.1) is 0 Å². The van der Waals surface area contributed by atoms with Crippen LogP contribution in [0.25, 0.3) is 0 Å². The smallest absolute Gasteiger partial charge is 0.135 e. The molecule has 2 atom stereocenters. The van der Waals surface area contributed by atoms with Crippen LogP contribution in [0.15, 0.2) is 30.3 Å². The second-order valence-corrected chi connectivity index (χ2v) is 6.08. The third kappa shape index (κ3) is 2.10. The monoisotopic (exact) mass is 243 g/mol. The molecule has 0 N–H and O–H groups in total. The first kappa shape index (κ1) is 11.9. The van der Waals surface area contributed by atoms with Crippen LogP contribution in [0, 0.1) is 0 Å². The van der Waals surface area contributed by atoms with E-state index in [0.717, 1.165) is 32.4 Å². The van der Waals surface area contributed by atoms with Crippen LogP contribution in [0.5, 0.6) is 0 Å². The van der Waals surface area contributed by atoms with Gasteiger partial charge < -0.3 is 0 Å². The Morgan fingerprint density at radius 3 is 2.83 bits per heavy atom. The van der Waals surface area contributed by atoms with Crippen molar-refractivity contribution in [2.24, 2.45) is 0 Å². The van der Waals surface area contributed by atoms with Crippen molar-refractivity contribution in [2.75, 3.05) is 13.1 Å². The number of carbonyl (C=O) groups is 1. The van der Waals surface area contributed by atoms with Crippen molar-refractivity contribution in [3.8, 4) is 0 Å². The van der Waals surface area contributed by atoms with Gasteiger partial charge in [-0.05, 0) is 18.4 Å². The molecule has 0 saturated carbocycles. The van der Waals surface area contributed by atoms with E-state index in [2.05, 4.69) is 42.2 Å². The van der Waals surface area contributed by atoms with Crippen LogP contribution in [0.4, 0.5) is 0 Å². The zero-order valence-electron chi connectivity index (χ0n) is 11.1. The van der Waals surface area contributed by atoms with E-state index < -0.39 is 0 Å². The molecule has 1 aromatic carbocycles. The summed E-state index contributed by atoms with van der Waals surface area (Å²) in [7, 11) is 0. The number of ketones is 1. The van der Waals surface area contributed by atoms with Crippen LogP contribution in [0.1, 0.15) is 38.2 Å². The van der Waals surface area contributed by atoms with Gasteiger partial charge in [-0.1, -0.05) is 37.3 Å². The number of rotatable bonds is 1. The average Bonchev–Trinajstić information content (AvgIpc) is 2.40. The van der Waals surface area contributed by atoms with Crippen molar-refractivity contribution in [3.63, 3.8) is 0 Å². The fraction of sp³-hybridized carbons (Fsp3) is 0.562. The summed E-state index contributed by atoms with van der Waals surface area (Å²) in [5, 5.41) is 0. The van der Waals surface area contributed by atoms with E-state index in [0.29, 0.717) is 11.8 Å². The zero-order chi connectivity index (χ0) is 12.6. The summed E-state index contributed by atoms with van der Waals surface area (Å²) in [6, 6.07) is 11.4. The molecule has 3 rings (SSSR count). The van der Waals surface area contributed by atoms with Crippen LogP contribution in [-0.2, 0) is 10.2 Å². The van der Waals surface area contributed by atoms with Gasteiger partial charge in [0.1, 0.15) is 5.78 Å². The molecule has 2 saturated heterocycles. The lowest BCUT2D eigenvalue weighted by molar-refractivity contribution is -0.124. The lowest BCUT2D eigenvalue weighted by Gasteiger charge is -2.47. The first-order chi connectivity index (χ1) is 8.67. The molecule has 2 nitrogen and oxygen atoms in total. The maximum Gasteiger partial charge on any atom is 0.135 e. The predicted octanol–water partition coefficient (Wildman–Crippen LogP) is 2.77. The summed E-state index contributed by atoms with van der Waals surface area (Å²) in [4.78, 5) is 14.1. The normalized spacial score (nSPS) is 33.2. The third-order valence-electron chi connectivity index (χ3n) is 4.71. The van der Waals surface area contributed by atoms with Crippen molar-refractivity contribution in [3.05, 3.63) is 35.9 Å². The molecule has 2 aliphatic heterocycles. The van der Waals surface area contributed by atoms with Crippen molar-refractivity contribution < 1.29 is 4.79 Å². The molecule has 0 bridgehead atoms. The van der Waals surface area contributed by atoms with Crippen LogP contribution in [0.2, 0.25) is 0 Å². The van der Waals surface area contributed by atoms with E-state index in [4.69, 9.17) is 0 Å². The predicted molar refractivity (Wildman–Crippen MR) is 72.6 cm³/mol. The van der Waals surface area contributed by atoms with Gasteiger partial charge in [0, 0.05) is 37.4 Å². The highest BCUT2D eigenvalue weighted by atomic mass is 16.1. The molecule has 0 amide bonds. The van der Waals surface area contributed by atoms with Gasteiger partial charge >= 0.3 is 0 Å². The Balaban J connectivity index is 1.79. The molecule has 2 heterocycles. The lowest BCUT2D eigenvalue weighted by atomic mass is 9.72. The lowest BCUT2D eigenvalue weighted by Crippen LogP contribution is -2.53. The third-order valence-corrected chi connectivity index (χ3v) is 4.71. The second kappa shape index (κ2) is 4.51. The van der Waals surface area contributed by atoms with Crippen LogP contribution in [-0.4, -0.2) is 29.8 Å². The number of fused-ring (bicyclic) bond motifs is 1. The number of hydrogen-bond acceptors (Lipinski definition) is 2. The second-order valence-electron chi connectivity index (χ2n) is 6.08. The molecule has 18 heavy (non-hydrogen) atoms. The van der Waals surface area contributed by atoms with Crippen LogP contribution in [0.3, 0.4) is 0 Å². The van der Waals surface area contributed by atoms with E-state index in [1.54, 1.807) is 0 Å². The van der Waals surface area contributed by atoms with Crippen LogP contribution < -0.4 is 0 Å².